The number of ether oxygens (including phenoxy) is 1. The number of imide groups is 1. The van der Waals surface area contributed by atoms with Gasteiger partial charge < -0.3 is 9.84 Å². The van der Waals surface area contributed by atoms with Gasteiger partial charge in [0.25, 0.3) is 11.1 Å². The van der Waals surface area contributed by atoms with E-state index >= 15 is 0 Å². The smallest absolute Gasteiger partial charge is 0.325 e. The van der Waals surface area contributed by atoms with Crippen molar-refractivity contribution in [3.63, 3.8) is 0 Å². The maximum Gasteiger partial charge on any atom is 0.325 e. The van der Waals surface area contributed by atoms with E-state index in [1.807, 2.05) is 42.5 Å². The molecule has 1 saturated heterocycles. The van der Waals surface area contributed by atoms with E-state index in [0.29, 0.717) is 28.7 Å². The molecule has 9 heteroatoms. The molecular formula is C23H17N3O5S. The largest absolute Gasteiger partial charge is 0.507 e. The summed E-state index contributed by atoms with van der Waals surface area (Å²) in [4.78, 5) is 36.9. The van der Waals surface area contributed by atoms with Crippen LogP contribution in [0.4, 0.5) is 16.2 Å². The number of azo groups is 1. The molecule has 0 radical (unpaired) electrons. The molecule has 1 fully saturated rings. The normalized spacial score (nSPS) is 15.3. The van der Waals surface area contributed by atoms with Crippen molar-refractivity contribution in [3.05, 3.63) is 71.1 Å². The van der Waals surface area contributed by atoms with Gasteiger partial charge >= 0.3 is 5.97 Å². The SMILES string of the molecule is COC(=O)CN1C(=O)S/C(=C\c2cc(N=Nc3cccc4ccccc34)ccc2O)C1=O. The van der Waals surface area contributed by atoms with Crippen molar-refractivity contribution in [2.75, 3.05) is 13.7 Å². The number of hydrogen-bond donors (Lipinski definition) is 1. The van der Waals surface area contributed by atoms with Crippen LogP contribution in [0.5, 0.6) is 5.75 Å². The van der Waals surface area contributed by atoms with Gasteiger partial charge in [-0.3, -0.25) is 19.3 Å². The average Bonchev–Trinajstić information content (AvgIpc) is 3.06. The summed E-state index contributed by atoms with van der Waals surface area (Å²) in [6.45, 7) is -0.468. The molecule has 2 amide bonds. The predicted octanol–water partition coefficient (Wildman–Crippen LogP) is 5.17. The molecule has 4 rings (SSSR count). The van der Waals surface area contributed by atoms with Gasteiger partial charge in [-0.05, 0) is 47.5 Å². The molecule has 0 aromatic heterocycles. The van der Waals surface area contributed by atoms with Crippen LogP contribution in [0.1, 0.15) is 5.56 Å². The number of phenols is 1. The first kappa shape index (κ1) is 21.3. The average molecular weight is 447 g/mol. The van der Waals surface area contributed by atoms with Crippen LogP contribution in [0, 0.1) is 0 Å². The lowest BCUT2D eigenvalue weighted by Gasteiger charge is -2.09. The summed E-state index contributed by atoms with van der Waals surface area (Å²) in [6, 6.07) is 18.1. The van der Waals surface area contributed by atoms with Crippen LogP contribution in [-0.4, -0.2) is 40.8 Å². The zero-order valence-corrected chi connectivity index (χ0v) is 17.7. The van der Waals surface area contributed by atoms with Crippen molar-refractivity contribution in [1.29, 1.82) is 0 Å². The van der Waals surface area contributed by atoms with Crippen molar-refractivity contribution in [1.82, 2.24) is 4.90 Å². The number of fused-ring (bicyclic) bond motifs is 1. The molecule has 8 nitrogen and oxygen atoms in total. The molecule has 1 N–H and O–H groups in total. The second kappa shape index (κ2) is 9.03. The number of amides is 2. The van der Waals surface area contributed by atoms with E-state index in [2.05, 4.69) is 15.0 Å². The standard InChI is InChI=1S/C23H17N3O5S/c1-31-21(28)13-26-22(29)20(32-23(26)30)12-15-11-16(9-10-19(15)27)24-25-18-8-4-6-14-5-2-3-7-17(14)18/h2-12,27H,13H2,1H3/b20-12-,25-24?. The van der Waals surface area contributed by atoms with Gasteiger partial charge in [0, 0.05) is 10.9 Å². The quantitative estimate of drug-likeness (QED) is 0.328. The number of thioether (sulfide) groups is 1. The number of esters is 1. The fourth-order valence-electron chi connectivity index (χ4n) is 3.10. The summed E-state index contributed by atoms with van der Waals surface area (Å²) >= 11 is 0.681. The molecule has 1 heterocycles. The zero-order chi connectivity index (χ0) is 22.7. The molecule has 3 aromatic rings. The minimum absolute atomic E-state index is 0.0809. The van der Waals surface area contributed by atoms with Gasteiger partial charge in [-0.15, -0.1) is 5.11 Å². The Morgan fingerprint density at radius 3 is 2.69 bits per heavy atom. The number of hydrogen-bond acceptors (Lipinski definition) is 8. The molecule has 3 aromatic carbocycles. The monoisotopic (exact) mass is 447 g/mol. The summed E-state index contributed by atoms with van der Waals surface area (Å²) < 4.78 is 4.51. The minimum atomic E-state index is -0.702. The van der Waals surface area contributed by atoms with E-state index < -0.39 is 23.7 Å². The first-order valence-corrected chi connectivity index (χ1v) is 10.3. The Balaban J connectivity index is 1.61. The Hall–Kier alpha value is -3.98. The summed E-state index contributed by atoms with van der Waals surface area (Å²) in [5.74, 6) is -1.42. The fourth-order valence-corrected chi connectivity index (χ4v) is 3.93. The second-order valence-corrected chi connectivity index (χ2v) is 7.78. The van der Waals surface area contributed by atoms with Crippen molar-refractivity contribution in [3.8, 4) is 5.75 Å². The Bertz CT molecular complexity index is 1300. The molecule has 0 bridgehead atoms. The molecule has 0 unspecified atom stereocenters. The molecule has 0 saturated carbocycles. The van der Waals surface area contributed by atoms with Crippen LogP contribution in [-0.2, 0) is 14.3 Å². The van der Waals surface area contributed by atoms with Gasteiger partial charge in [0.15, 0.2) is 0 Å². The van der Waals surface area contributed by atoms with Crippen LogP contribution in [0.3, 0.4) is 0 Å². The summed E-state index contributed by atoms with van der Waals surface area (Å²) in [6.07, 6.45) is 1.38. The lowest BCUT2D eigenvalue weighted by molar-refractivity contribution is -0.143. The maximum absolute atomic E-state index is 12.5. The van der Waals surface area contributed by atoms with Crippen LogP contribution in [0.2, 0.25) is 0 Å². The van der Waals surface area contributed by atoms with E-state index in [4.69, 9.17) is 0 Å². The highest BCUT2D eigenvalue weighted by molar-refractivity contribution is 8.18. The molecule has 0 atom stereocenters. The van der Waals surface area contributed by atoms with Crippen LogP contribution >= 0.6 is 11.8 Å². The molecule has 0 spiro atoms. The number of nitrogens with zero attached hydrogens (tertiary/aromatic N) is 3. The number of aromatic hydroxyl groups is 1. The third kappa shape index (κ3) is 4.37. The predicted molar refractivity (Wildman–Crippen MR) is 121 cm³/mol. The maximum atomic E-state index is 12.5. The van der Waals surface area contributed by atoms with Crippen molar-refractivity contribution >= 4 is 57.1 Å². The van der Waals surface area contributed by atoms with E-state index in [-0.39, 0.29) is 10.7 Å². The van der Waals surface area contributed by atoms with Crippen LogP contribution in [0.15, 0.2) is 75.8 Å². The van der Waals surface area contributed by atoms with Crippen molar-refractivity contribution in [2.45, 2.75) is 0 Å². The van der Waals surface area contributed by atoms with Crippen LogP contribution < -0.4 is 0 Å². The van der Waals surface area contributed by atoms with E-state index in [1.165, 1.54) is 19.3 Å². The first-order valence-electron chi connectivity index (χ1n) is 9.51. The number of phenolic OH excluding ortho intramolecular Hbond substituents is 1. The summed E-state index contributed by atoms with van der Waals surface area (Å²) in [7, 11) is 1.17. The number of rotatable bonds is 5. The van der Waals surface area contributed by atoms with Crippen molar-refractivity contribution in [2.24, 2.45) is 10.2 Å². The first-order chi connectivity index (χ1) is 15.5. The van der Waals surface area contributed by atoms with Gasteiger partial charge in [-0.1, -0.05) is 36.4 Å². The van der Waals surface area contributed by atoms with Crippen LogP contribution in [0.25, 0.3) is 16.8 Å². The highest BCUT2D eigenvalue weighted by Gasteiger charge is 2.36. The van der Waals surface area contributed by atoms with Gasteiger partial charge in [-0.2, -0.15) is 5.11 Å². The Morgan fingerprint density at radius 1 is 1.09 bits per heavy atom. The molecule has 1 aliphatic heterocycles. The molecule has 0 aliphatic carbocycles. The van der Waals surface area contributed by atoms with E-state index in [0.717, 1.165) is 15.7 Å². The molecule has 1 aliphatic rings. The number of carbonyl (C=O) groups is 3. The summed E-state index contributed by atoms with van der Waals surface area (Å²) in [5, 5.41) is 20.2. The van der Waals surface area contributed by atoms with E-state index in [9.17, 15) is 19.5 Å². The Kier molecular flexibility index (Phi) is 6.00. The third-order valence-corrected chi connectivity index (χ3v) is 5.63. The number of carbonyl (C=O) groups excluding carboxylic acids is 3. The van der Waals surface area contributed by atoms with Gasteiger partial charge in [-0.25, -0.2) is 0 Å². The number of benzene rings is 3. The second-order valence-electron chi connectivity index (χ2n) is 6.79. The van der Waals surface area contributed by atoms with Gasteiger partial charge in [0.2, 0.25) is 0 Å². The summed E-state index contributed by atoms with van der Waals surface area (Å²) in [5.41, 5.74) is 1.44. The lowest BCUT2D eigenvalue weighted by Crippen LogP contribution is -2.34. The molecule has 160 valence electrons. The topological polar surface area (TPSA) is 109 Å². The third-order valence-electron chi connectivity index (χ3n) is 4.73. The van der Waals surface area contributed by atoms with Crippen molar-refractivity contribution < 1.29 is 24.2 Å². The number of methoxy groups -OCH3 is 1. The lowest BCUT2D eigenvalue weighted by atomic mass is 10.1. The Morgan fingerprint density at radius 2 is 1.88 bits per heavy atom. The molecule has 32 heavy (non-hydrogen) atoms. The van der Waals surface area contributed by atoms with Gasteiger partial charge in [0.1, 0.15) is 12.3 Å². The van der Waals surface area contributed by atoms with E-state index in [1.54, 1.807) is 12.1 Å². The highest BCUT2D eigenvalue weighted by Crippen LogP contribution is 2.35. The minimum Gasteiger partial charge on any atom is -0.507 e. The zero-order valence-electron chi connectivity index (χ0n) is 16.9. The highest BCUT2D eigenvalue weighted by atomic mass is 32.2. The fraction of sp³-hybridized carbons (Fsp3) is 0.0870. The molecular weight excluding hydrogens is 430 g/mol. The Labute approximate surface area is 187 Å². The van der Waals surface area contributed by atoms with Gasteiger partial charge in [0.05, 0.1) is 23.4 Å².